The van der Waals surface area contributed by atoms with Crippen LogP contribution in [0.3, 0.4) is 0 Å². The molecule has 0 bridgehead atoms. The first-order valence-corrected chi connectivity index (χ1v) is 4.49. The SMILES string of the molecule is C#CCCNc1cc(C(=O)OC)ccn1. The van der Waals surface area contributed by atoms with Gasteiger partial charge in [0.05, 0.1) is 12.7 Å². The van der Waals surface area contributed by atoms with Gasteiger partial charge in [-0.15, -0.1) is 12.3 Å². The van der Waals surface area contributed by atoms with Crippen molar-refractivity contribution in [3.8, 4) is 12.3 Å². The van der Waals surface area contributed by atoms with E-state index in [1.165, 1.54) is 7.11 Å². The van der Waals surface area contributed by atoms with Gasteiger partial charge in [0.15, 0.2) is 0 Å². The van der Waals surface area contributed by atoms with Crippen molar-refractivity contribution in [2.24, 2.45) is 0 Å². The normalized spacial score (nSPS) is 9.07. The molecule has 1 aromatic rings. The van der Waals surface area contributed by atoms with Crippen molar-refractivity contribution in [2.75, 3.05) is 19.0 Å². The quantitative estimate of drug-likeness (QED) is 0.456. The first kappa shape index (κ1) is 11.1. The number of carbonyl (C=O) groups excluding carboxylic acids is 1. The Morgan fingerprint density at radius 1 is 1.73 bits per heavy atom. The van der Waals surface area contributed by atoms with Crippen LogP contribution in [-0.2, 0) is 4.74 Å². The van der Waals surface area contributed by atoms with Crippen LogP contribution in [0, 0.1) is 12.3 Å². The highest BCUT2D eigenvalue weighted by atomic mass is 16.5. The number of pyridine rings is 1. The van der Waals surface area contributed by atoms with Crippen molar-refractivity contribution in [2.45, 2.75) is 6.42 Å². The molecule has 0 amide bonds. The number of hydrogen-bond donors (Lipinski definition) is 1. The first-order valence-electron chi connectivity index (χ1n) is 4.49. The van der Waals surface area contributed by atoms with E-state index in [4.69, 9.17) is 6.42 Å². The van der Waals surface area contributed by atoms with Crippen molar-refractivity contribution in [3.05, 3.63) is 23.9 Å². The number of terminal acetylenes is 1. The molecule has 78 valence electrons. The smallest absolute Gasteiger partial charge is 0.338 e. The largest absolute Gasteiger partial charge is 0.465 e. The van der Waals surface area contributed by atoms with E-state index in [-0.39, 0.29) is 5.97 Å². The molecule has 0 aliphatic rings. The predicted octanol–water partition coefficient (Wildman–Crippen LogP) is 1.30. The topological polar surface area (TPSA) is 51.2 Å². The maximum absolute atomic E-state index is 11.2. The number of nitrogens with zero attached hydrogens (tertiary/aromatic N) is 1. The molecular weight excluding hydrogens is 192 g/mol. The minimum Gasteiger partial charge on any atom is -0.465 e. The van der Waals surface area contributed by atoms with Gasteiger partial charge in [-0.3, -0.25) is 0 Å². The summed E-state index contributed by atoms with van der Waals surface area (Å²) in [5.41, 5.74) is 0.468. The van der Waals surface area contributed by atoms with Crippen LogP contribution in [0.1, 0.15) is 16.8 Å². The lowest BCUT2D eigenvalue weighted by Gasteiger charge is -2.04. The van der Waals surface area contributed by atoms with Crippen molar-refractivity contribution in [3.63, 3.8) is 0 Å². The van der Waals surface area contributed by atoms with E-state index < -0.39 is 0 Å². The summed E-state index contributed by atoms with van der Waals surface area (Å²) in [5.74, 6) is 2.75. The molecule has 0 aliphatic carbocycles. The van der Waals surface area contributed by atoms with Gasteiger partial charge in [0.25, 0.3) is 0 Å². The van der Waals surface area contributed by atoms with Crippen LogP contribution < -0.4 is 5.32 Å². The monoisotopic (exact) mass is 204 g/mol. The lowest BCUT2D eigenvalue weighted by atomic mass is 10.2. The zero-order valence-electron chi connectivity index (χ0n) is 8.49. The predicted molar refractivity (Wildman–Crippen MR) is 57.5 cm³/mol. The van der Waals surface area contributed by atoms with Crippen molar-refractivity contribution >= 4 is 11.8 Å². The van der Waals surface area contributed by atoms with Gasteiger partial charge in [0, 0.05) is 19.2 Å². The number of nitrogens with one attached hydrogen (secondary N) is 1. The average molecular weight is 204 g/mol. The number of carbonyl (C=O) groups is 1. The summed E-state index contributed by atoms with van der Waals surface area (Å²) in [6.45, 7) is 0.633. The Morgan fingerprint density at radius 3 is 3.20 bits per heavy atom. The zero-order chi connectivity index (χ0) is 11.1. The minimum absolute atomic E-state index is 0.377. The Kier molecular flexibility index (Phi) is 4.17. The molecule has 0 atom stereocenters. The molecule has 0 spiro atoms. The van der Waals surface area contributed by atoms with Crippen LogP contribution in [-0.4, -0.2) is 24.6 Å². The van der Waals surface area contributed by atoms with Gasteiger partial charge in [0.2, 0.25) is 0 Å². The van der Waals surface area contributed by atoms with E-state index in [1.807, 2.05) is 0 Å². The second-order valence-electron chi connectivity index (χ2n) is 2.80. The maximum Gasteiger partial charge on any atom is 0.338 e. The Bertz CT molecular complexity index is 382. The van der Waals surface area contributed by atoms with Crippen LogP contribution in [0.2, 0.25) is 0 Å². The summed E-state index contributed by atoms with van der Waals surface area (Å²) in [4.78, 5) is 15.2. The molecule has 0 saturated heterocycles. The minimum atomic E-state index is -0.377. The molecule has 1 N–H and O–H groups in total. The fraction of sp³-hybridized carbons (Fsp3) is 0.273. The van der Waals surface area contributed by atoms with Gasteiger partial charge in [-0.1, -0.05) is 0 Å². The number of hydrogen-bond acceptors (Lipinski definition) is 4. The molecule has 0 aliphatic heterocycles. The second kappa shape index (κ2) is 5.66. The van der Waals surface area contributed by atoms with E-state index in [0.29, 0.717) is 24.3 Å². The summed E-state index contributed by atoms with van der Waals surface area (Å²) in [7, 11) is 1.34. The van der Waals surface area contributed by atoms with Crippen LogP contribution in [0.15, 0.2) is 18.3 Å². The second-order valence-corrected chi connectivity index (χ2v) is 2.80. The van der Waals surface area contributed by atoms with Crippen LogP contribution in [0.25, 0.3) is 0 Å². The summed E-state index contributed by atoms with van der Waals surface area (Å²) in [5, 5.41) is 3.00. The molecule has 0 unspecified atom stereocenters. The molecule has 0 fully saturated rings. The van der Waals surface area contributed by atoms with E-state index >= 15 is 0 Å². The highest BCUT2D eigenvalue weighted by Gasteiger charge is 2.05. The number of ether oxygens (including phenoxy) is 1. The summed E-state index contributed by atoms with van der Waals surface area (Å²) >= 11 is 0. The molecule has 0 radical (unpaired) electrons. The van der Waals surface area contributed by atoms with Gasteiger partial charge < -0.3 is 10.1 Å². The third kappa shape index (κ3) is 3.31. The zero-order valence-corrected chi connectivity index (χ0v) is 8.49. The van der Waals surface area contributed by atoms with Gasteiger partial charge >= 0.3 is 5.97 Å². The molecule has 4 nitrogen and oxygen atoms in total. The molecule has 1 rings (SSSR count). The van der Waals surface area contributed by atoms with Gasteiger partial charge in [-0.25, -0.2) is 9.78 Å². The molecule has 4 heteroatoms. The lowest BCUT2D eigenvalue weighted by Crippen LogP contribution is -2.06. The van der Waals surface area contributed by atoms with E-state index in [1.54, 1.807) is 18.3 Å². The third-order valence-corrected chi connectivity index (χ3v) is 1.76. The number of rotatable bonds is 4. The standard InChI is InChI=1S/C11H12N2O2/c1-3-4-6-12-10-8-9(5-7-13-10)11(14)15-2/h1,5,7-8H,4,6H2,2H3,(H,12,13). The first-order chi connectivity index (χ1) is 7.27. The molecule has 0 aromatic carbocycles. The van der Waals surface area contributed by atoms with Gasteiger partial charge in [-0.2, -0.15) is 0 Å². The Hall–Kier alpha value is -2.02. The Morgan fingerprint density at radius 2 is 2.53 bits per heavy atom. The lowest BCUT2D eigenvalue weighted by molar-refractivity contribution is 0.0600. The Labute approximate surface area is 88.7 Å². The number of methoxy groups -OCH3 is 1. The molecule has 1 heterocycles. The van der Waals surface area contributed by atoms with E-state index in [2.05, 4.69) is 21.0 Å². The molecular formula is C11H12N2O2. The fourth-order valence-electron chi connectivity index (χ4n) is 1.03. The number of anilines is 1. The van der Waals surface area contributed by atoms with Crippen LogP contribution in [0.5, 0.6) is 0 Å². The molecule has 0 saturated carbocycles. The highest BCUT2D eigenvalue weighted by Crippen LogP contribution is 2.07. The average Bonchev–Trinajstić information content (AvgIpc) is 2.29. The van der Waals surface area contributed by atoms with E-state index in [0.717, 1.165) is 0 Å². The van der Waals surface area contributed by atoms with E-state index in [9.17, 15) is 4.79 Å². The van der Waals surface area contributed by atoms with Gasteiger partial charge in [0.1, 0.15) is 5.82 Å². The summed E-state index contributed by atoms with van der Waals surface area (Å²) in [6, 6.07) is 3.22. The van der Waals surface area contributed by atoms with Gasteiger partial charge in [-0.05, 0) is 12.1 Å². The third-order valence-electron chi connectivity index (χ3n) is 1.76. The summed E-state index contributed by atoms with van der Waals surface area (Å²) < 4.78 is 4.59. The maximum atomic E-state index is 11.2. The number of aromatic nitrogens is 1. The van der Waals surface area contributed by atoms with Crippen LogP contribution >= 0.6 is 0 Å². The van der Waals surface area contributed by atoms with Crippen molar-refractivity contribution < 1.29 is 9.53 Å². The molecule has 15 heavy (non-hydrogen) atoms. The van der Waals surface area contributed by atoms with Crippen molar-refractivity contribution in [1.29, 1.82) is 0 Å². The van der Waals surface area contributed by atoms with Crippen LogP contribution in [0.4, 0.5) is 5.82 Å². The highest BCUT2D eigenvalue weighted by molar-refractivity contribution is 5.89. The van der Waals surface area contributed by atoms with Crippen molar-refractivity contribution in [1.82, 2.24) is 4.98 Å². The fourth-order valence-corrected chi connectivity index (χ4v) is 1.03. The summed E-state index contributed by atoms with van der Waals surface area (Å²) in [6.07, 6.45) is 7.27. The molecule has 1 aromatic heterocycles. The number of esters is 1. The Balaban J connectivity index is 2.66.